The number of hydrogen-bond donors (Lipinski definition) is 0. The van der Waals surface area contributed by atoms with Crippen molar-refractivity contribution in [2.45, 2.75) is 10.1 Å². The van der Waals surface area contributed by atoms with Crippen LogP contribution in [0.2, 0.25) is 10.0 Å². The third kappa shape index (κ3) is 3.30. The summed E-state index contributed by atoms with van der Waals surface area (Å²) >= 11 is 15.6. The molecule has 3 aromatic carbocycles. The van der Waals surface area contributed by atoms with Crippen molar-refractivity contribution in [1.29, 1.82) is 0 Å². The van der Waals surface area contributed by atoms with E-state index < -0.39 is 0 Å². The summed E-state index contributed by atoms with van der Waals surface area (Å²) in [5, 5.41) is 1.26. The van der Waals surface area contributed by atoms with Gasteiger partial charge in [-0.1, -0.05) is 53.2 Å². The molecule has 0 atom stereocenters. The van der Waals surface area contributed by atoms with Crippen LogP contribution < -0.4 is 4.90 Å². The predicted octanol–water partition coefficient (Wildman–Crippen LogP) is 6.70. The SMILES string of the molecule is O=C1c2ccccc2C(=O)N1c1ccc2nc(SCc3c(Cl)cccc3Cl)sc2c1. The predicted molar refractivity (Wildman–Crippen MR) is 123 cm³/mol. The first-order valence-electron chi connectivity index (χ1n) is 8.97. The number of aromatic nitrogens is 1. The van der Waals surface area contributed by atoms with Crippen molar-refractivity contribution in [2.24, 2.45) is 0 Å². The molecule has 148 valence electrons. The van der Waals surface area contributed by atoms with Gasteiger partial charge >= 0.3 is 0 Å². The molecule has 1 aliphatic rings. The van der Waals surface area contributed by atoms with E-state index in [4.69, 9.17) is 23.2 Å². The Kier molecular flexibility index (Phi) is 5.03. The second kappa shape index (κ2) is 7.71. The average molecular weight is 471 g/mol. The molecule has 0 spiro atoms. The number of fused-ring (bicyclic) bond motifs is 2. The molecule has 0 unspecified atom stereocenters. The molecule has 2 heterocycles. The summed E-state index contributed by atoms with van der Waals surface area (Å²) in [5.74, 6) is -0.00583. The van der Waals surface area contributed by atoms with Gasteiger partial charge in [-0.25, -0.2) is 9.88 Å². The summed E-state index contributed by atoms with van der Waals surface area (Å²) in [4.78, 5) is 31.3. The Morgan fingerprint density at radius 1 is 0.900 bits per heavy atom. The van der Waals surface area contributed by atoms with Gasteiger partial charge in [-0.3, -0.25) is 9.59 Å². The molecule has 0 aliphatic carbocycles. The number of hydrogen-bond acceptors (Lipinski definition) is 5. The van der Waals surface area contributed by atoms with Crippen LogP contribution in [0.5, 0.6) is 0 Å². The molecule has 2 amide bonds. The first-order chi connectivity index (χ1) is 14.5. The van der Waals surface area contributed by atoms with Crippen molar-refractivity contribution >= 4 is 74.0 Å². The minimum absolute atomic E-state index is 0.303. The Balaban J connectivity index is 1.42. The molecule has 0 fully saturated rings. The zero-order valence-corrected chi connectivity index (χ0v) is 18.4. The monoisotopic (exact) mass is 470 g/mol. The van der Waals surface area contributed by atoms with E-state index in [1.54, 1.807) is 42.1 Å². The van der Waals surface area contributed by atoms with E-state index in [1.807, 2.05) is 30.3 Å². The Labute approximate surface area is 190 Å². The molecule has 0 N–H and O–H groups in total. The molecular weight excluding hydrogens is 459 g/mol. The van der Waals surface area contributed by atoms with Gasteiger partial charge in [0.15, 0.2) is 4.34 Å². The molecule has 0 saturated heterocycles. The Bertz CT molecular complexity index is 1280. The number of thiazole rings is 1. The Morgan fingerprint density at radius 3 is 2.23 bits per heavy atom. The molecule has 4 aromatic rings. The van der Waals surface area contributed by atoms with Crippen molar-refractivity contribution in [3.05, 3.63) is 87.4 Å². The van der Waals surface area contributed by atoms with Crippen molar-refractivity contribution in [2.75, 3.05) is 4.90 Å². The van der Waals surface area contributed by atoms with Crippen LogP contribution in [0.15, 0.2) is 65.0 Å². The highest BCUT2D eigenvalue weighted by atomic mass is 35.5. The fourth-order valence-electron chi connectivity index (χ4n) is 3.32. The van der Waals surface area contributed by atoms with Gasteiger partial charge in [-0.15, -0.1) is 11.3 Å². The lowest BCUT2D eigenvalue weighted by atomic mass is 10.1. The van der Waals surface area contributed by atoms with Gasteiger partial charge in [0.25, 0.3) is 11.8 Å². The zero-order chi connectivity index (χ0) is 20.8. The van der Waals surface area contributed by atoms with Crippen LogP contribution in [0.4, 0.5) is 5.69 Å². The molecule has 1 aliphatic heterocycles. The molecule has 30 heavy (non-hydrogen) atoms. The molecule has 0 saturated carbocycles. The lowest BCUT2D eigenvalue weighted by molar-refractivity contribution is 0.0926. The van der Waals surface area contributed by atoms with Crippen molar-refractivity contribution in [1.82, 2.24) is 4.98 Å². The number of amides is 2. The van der Waals surface area contributed by atoms with Gasteiger partial charge in [-0.05, 0) is 48.0 Å². The molecular formula is C22H12Cl2N2O2S2. The topological polar surface area (TPSA) is 50.3 Å². The van der Waals surface area contributed by atoms with Crippen molar-refractivity contribution < 1.29 is 9.59 Å². The number of carbonyl (C=O) groups excluding carboxylic acids is 2. The molecule has 8 heteroatoms. The summed E-state index contributed by atoms with van der Waals surface area (Å²) in [6.07, 6.45) is 0. The van der Waals surface area contributed by atoms with Gasteiger partial charge in [0.1, 0.15) is 0 Å². The van der Waals surface area contributed by atoms with Crippen molar-refractivity contribution in [3.63, 3.8) is 0 Å². The first kappa shape index (κ1) is 19.6. The molecule has 5 rings (SSSR count). The van der Waals surface area contributed by atoms with Gasteiger partial charge < -0.3 is 0 Å². The second-order valence-electron chi connectivity index (χ2n) is 6.61. The van der Waals surface area contributed by atoms with Crippen molar-refractivity contribution in [3.8, 4) is 0 Å². The zero-order valence-electron chi connectivity index (χ0n) is 15.3. The van der Waals surface area contributed by atoms with Crippen LogP contribution in [-0.4, -0.2) is 16.8 Å². The van der Waals surface area contributed by atoms with Crippen LogP contribution in [0.3, 0.4) is 0 Å². The largest absolute Gasteiger partial charge is 0.268 e. The third-order valence-electron chi connectivity index (χ3n) is 4.81. The van der Waals surface area contributed by atoms with Crippen LogP contribution in [0.1, 0.15) is 26.3 Å². The highest BCUT2D eigenvalue weighted by Crippen LogP contribution is 2.37. The standard InChI is InChI=1S/C22H12Cl2N2O2S2/c23-16-6-3-7-17(24)15(16)11-29-22-25-18-9-8-12(10-19(18)30-22)26-20(27)13-4-1-2-5-14(13)21(26)28/h1-10H,11H2. The molecule has 0 radical (unpaired) electrons. The summed E-state index contributed by atoms with van der Waals surface area (Å²) in [7, 11) is 0. The van der Waals surface area contributed by atoms with Gasteiger partial charge in [0, 0.05) is 15.8 Å². The second-order valence-corrected chi connectivity index (χ2v) is 9.68. The third-order valence-corrected chi connectivity index (χ3v) is 7.70. The van der Waals surface area contributed by atoms with E-state index >= 15 is 0 Å². The van der Waals surface area contributed by atoms with E-state index in [0.717, 1.165) is 20.1 Å². The lowest BCUT2D eigenvalue weighted by Crippen LogP contribution is -2.29. The van der Waals surface area contributed by atoms with E-state index in [9.17, 15) is 9.59 Å². The number of anilines is 1. The Morgan fingerprint density at radius 2 is 1.57 bits per heavy atom. The lowest BCUT2D eigenvalue weighted by Gasteiger charge is -2.13. The number of imide groups is 1. The number of nitrogens with zero attached hydrogens (tertiary/aromatic N) is 2. The van der Waals surface area contributed by atoms with Crippen LogP contribution >= 0.6 is 46.3 Å². The first-order valence-corrected chi connectivity index (χ1v) is 11.5. The van der Waals surface area contributed by atoms with E-state index in [1.165, 1.54) is 16.2 Å². The van der Waals surface area contributed by atoms with Crippen LogP contribution in [0.25, 0.3) is 10.2 Å². The highest BCUT2D eigenvalue weighted by Gasteiger charge is 2.36. The van der Waals surface area contributed by atoms with Gasteiger partial charge in [0.05, 0.1) is 27.0 Å². The van der Waals surface area contributed by atoms with Crippen LogP contribution in [0, 0.1) is 0 Å². The number of thioether (sulfide) groups is 1. The maximum atomic E-state index is 12.7. The normalized spacial score (nSPS) is 13.3. The maximum Gasteiger partial charge on any atom is 0.266 e. The van der Waals surface area contributed by atoms with Gasteiger partial charge in [-0.2, -0.15) is 0 Å². The molecule has 4 nitrogen and oxygen atoms in total. The Hall–Kier alpha value is -2.38. The number of carbonyl (C=O) groups is 2. The molecule has 1 aromatic heterocycles. The smallest absolute Gasteiger partial charge is 0.266 e. The number of rotatable bonds is 4. The fraction of sp³-hybridized carbons (Fsp3) is 0.0455. The van der Waals surface area contributed by atoms with Gasteiger partial charge in [0.2, 0.25) is 0 Å². The number of benzene rings is 3. The summed E-state index contributed by atoms with van der Waals surface area (Å²) in [5.41, 5.74) is 3.09. The highest BCUT2D eigenvalue weighted by molar-refractivity contribution is 8.00. The maximum absolute atomic E-state index is 12.7. The van der Waals surface area contributed by atoms with E-state index in [0.29, 0.717) is 32.6 Å². The number of halogens is 2. The van der Waals surface area contributed by atoms with E-state index in [-0.39, 0.29) is 11.8 Å². The quantitative estimate of drug-likeness (QED) is 0.246. The summed E-state index contributed by atoms with van der Waals surface area (Å²) in [6, 6.07) is 17.7. The minimum Gasteiger partial charge on any atom is -0.268 e. The average Bonchev–Trinajstić information content (AvgIpc) is 3.26. The van der Waals surface area contributed by atoms with Crippen LogP contribution in [-0.2, 0) is 5.75 Å². The summed E-state index contributed by atoms with van der Waals surface area (Å²) < 4.78 is 1.76. The summed E-state index contributed by atoms with van der Waals surface area (Å²) in [6.45, 7) is 0. The van der Waals surface area contributed by atoms with E-state index in [2.05, 4.69) is 4.98 Å². The molecule has 0 bridgehead atoms. The minimum atomic E-state index is -0.303. The fourth-order valence-corrected chi connectivity index (χ4v) is 6.16.